The van der Waals surface area contributed by atoms with Crippen LogP contribution in [0.4, 0.5) is 0 Å². The predicted octanol–water partition coefficient (Wildman–Crippen LogP) is 1.98. The first-order valence-corrected chi connectivity index (χ1v) is 5.26. The summed E-state index contributed by atoms with van der Waals surface area (Å²) in [5.74, 6) is 0.902. The average Bonchev–Trinajstić information content (AvgIpc) is 2.91. The van der Waals surface area contributed by atoms with Gasteiger partial charge in [-0.25, -0.2) is 0 Å². The molecule has 1 N–H and O–H groups in total. The zero-order chi connectivity index (χ0) is 8.39. The Bertz CT molecular complexity index is 150. The van der Waals surface area contributed by atoms with E-state index >= 15 is 0 Å². The van der Waals surface area contributed by atoms with Crippen LogP contribution in [0, 0.1) is 5.92 Å². The monoisotopic (exact) mass is 205 g/mol. The SMILES string of the molecule is CCC1CNCCC(C2CC2)O1.Cl. The Morgan fingerprint density at radius 2 is 2.08 bits per heavy atom. The molecule has 2 aliphatic rings. The summed E-state index contributed by atoms with van der Waals surface area (Å²) in [6.07, 6.45) is 6.22. The van der Waals surface area contributed by atoms with E-state index in [9.17, 15) is 0 Å². The molecule has 0 aromatic heterocycles. The van der Waals surface area contributed by atoms with Crippen molar-refractivity contribution in [2.45, 2.75) is 44.8 Å². The van der Waals surface area contributed by atoms with Crippen LogP contribution in [-0.4, -0.2) is 25.3 Å². The molecule has 1 heterocycles. The number of halogens is 1. The molecule has 0 bridgehead atoms. The van der Waals surface area contributed by atoms with Crippen LogP contribution >= 0.6 is 12.4 Å². The lowest BCUT2D eigenvalue weighted by Gasteiger charge is -2.19. The van der Waals surface area contributed by atoms with E-state index in [0.717, 1.165) is 25.4 Å². The van der Waals surface area contributed by atoms with Gasteiger partial charge in [-0.3, -0.25) is 0 Å². The Morgan fingerprint density at radius 1 is 1.31 bits per heavy atom. The second kappa shape index (κ2) is 5.18. The van der Waals surface area contributed by atoms with Gasteiger partial charge in [0.2, 0.25) is 0 Å². The Morgan fingerprint density at radius 3 is 2.69 bits per heavy atom. The maximum Gasteiger partial charge on any atom is 0.0700 e. The molecule has 0 radical (unpaired) electrons. The molecule has 3 heteroatoms. The minimum atomic E-state index is 0. The van der Waals surface area contributed by atoms with E-state index in [1.165, 1.54) is 19.3 Å². The first kappa shape index (κ1) is 11.3. The van der Waals surface area contributed by atoms with E-state index in [-0.39, 0.29) is 12.4 Å². The van der Waals surface area contributed by atoms with Crippen molar-refractivity contribution >= 4 is 12.4 Å². The van der Waals surface area contributed by atoms with E-state index in [1.54, 1.807) is 0 Å². The smallest absolute Gasteiger partial charge is 0.0700 e. The lowest BCUT2D eigenvalue weighted by Crippen LogP contribution is -2.26. The Labute approximate surface area is 86.8 Å². The van der Waals surface area contributed by atoms with Crippen LogP contribution < -0.4 is 5.32 Å². The summed E-state index contributed by atoms with van der Waals surface area (Å²) in [6, 6.07) is 0. The highest BCUT2D eigenvalue weighted by atomic mass is 35.5. The fourth-order valence-electron chi connectivity index (χ4n) is 1.93. The average molecular weight is 206 g/mol. The standard InChI is InChI=1S/C10H19NO.ClH/c1-2-9-7-11-6-5-10(12-9)8-3-4-8;/h8-11H,2-7H2,1H3;1H. The van der Waals surface area contributed by atoms with Crippen LogP contribution in [0.3, 0.4) is 0 Å². The van der Waals surface area contributed by atoms with Crippen molar-refractivity contribution in [1.82, 2.24) is 5.32 Å². The zero-order valence-corrected chi connectivity index (χ0v) is 9.11. The highest BCUT2D eigenvalue weighted by molar-refractivity contribution is 5.85. The fraction of sp³-hybridized carbons (Fsp3) is 1.00. The molecule has 1 saturated carbocycles. The molecular weight excluding hydrogens is 186 g/mol. The summed E-state index contributed by atoms with van der Waals surface area (Å²) in [5.41, 5.74) is 0. The third kappa shape index (κ3) is 3.12. The summed E-state index contributed by atoms with van der Waals surface area (Å²) >= 11 is 0. The Balaban J connectivity index is 0.000000845. The molecule has 2 unspecified atom stereocenters. The lowest BCUT2D eigenvalue weighted by atomic mass is 10.1. The zero-order valence-electron chi connectivity index (χ0n) is 8.29. The highest BCUT2D eigenvalue weighted by Gasteiger charge is 2.33. The van der Waals surface area contributed by atoms with Crippen LogP contribution in [0.1, 0.15) is 32.6 Å². The topological polar surface area (TPSA) is 21.3 Å². The van der Waals surface area contributed by atoms with Crippen molar-refractivity contribution in [2.75, 3.05) is 13.1 Å². The third-order valence-corrected chi connectivity index (χ3v) is 2.95. The molecule has 2 nitrogen and oxygen atoms in total. The number of hydrogen-bond acceptors (Lipinski definition) is 2. The third-order valence-electron chi connectivity index (χ3n) is 2.95. The molecule has 0 amide bonds. The maximum atomic E-state index is 6.02. The van der Waals surface area contributed by atoms with Crippen molar-refractivity contribution in [2.24, 2.45) is 5.92 Å². The van der Waals surface area contributed by atoms with Crippen molar-refractivity contribution in [3.8, 4) is 0 Å². The van der Waals surface area contributed by atoms with E-state index in [4.69, 9.17) is 4.74 Å². The minimum absolute atomic E-state index is 0. The maximum absolute atomic E-state index is 6.02. The molecule has 1 aliphatic carbocycles. The van der Waals surface area contributed by atoms with E-state index in [1.807, 2.05) is 0 Å². The number of ether oxygens (including phenoxy) is 1. The van der Waals surface area contributed by atoms with Gasteiger partial charge in [0.25, 0.3) is 0 Å². The molecule has 2 rings (SSSR count). The molecule has 2 atom stereocenters. The molecule has 13 heavy (non-hydrogen) atoms. The van der Waals surface area contributed by atoms with Gasteiger partial charge in [-0.1, -0.05) is 6.92 Å². The molecule has 0 spiro atoms. The minimum Gasteiger partial charge on any atom is -0.373 e. The number of nitrogens with one attached hydrogen (secondary N) is 1. The molecule has 0 aromatic carbocycles. The fourth-order valence-corrected chi connectivity index (χ4v) is 1.93. The van der Waals surface area contributed by atoms with Gasteiger partial charge in [0, 0.05) is 6.54 Å². The summed E-state index contributed by atoms with van der Waals surface area (Å²) in [6.45, 7) is 4.42. The largest absolute Gasteiger partial charge is 0.373 e. The van der Waals surface area contributed by atoms with E-state index in [2.05, 4.69) is 12.2 Å². The van der Waals surface area contributed by atoms with Crippen LogP contribution in [0.5, 0.6) is 0 Å². The van der Waals surface area contributed by atoms with Crippen molar-refractivity contribution in [3.05, 3.63) is 0 Å². The van der Waals surface area contributed by atoms with Gasteiger partial charge in [0.1, 0.15) is 0 Å². The first-order chi connectivity index (χ1) is 5.90. The summed E-state index contributed by atoms with van der Waals surface area (Å²) in [4.78, 5) is 0. The van der Waals surface area contributed by atoms with Gasteiger partial charge >= 0.3 is 0 Å². The Kier molecular flexibility index (Phi) is 4.50. The summed E-state index contributed by atoms with van der Waals surface area (Å²) in [7, 11) is 0. The first-order valence-electron chi connectivity index (χ1n) is 5.26. The number of hydrogen-bond donors (Lipinski definition) is 1. The van der Waals surface area contributed by atoms with Crippen LogP contribution in [0.2, 0.25) is 0 Å². The van der Waals surface area contributed by atoms with Crippen molar-refractivity contribution < 1.29 is 4.74 Å². The van der Waals surface area contributed by atoms with Gasteiger partial charge in [-0.15, -0.1) is 12.4 Å². The molecule has 1 saturated heterocycles. The summed E-state index contributed by atoms with van der Waals surface area (Å²) < 4.78 is 6.02. The molecular formula is C10H20ClNO. The van der Waals surface area contributed by atoms with Crippen LogP contribution in [0.25, 0.3) is 0 Å². The van der Waals surface area contributed by atoms with Gasteiger partial charge in [0.15, 0.2) is 0 Å². The molecule has 0 aromatic rings. The molecule has 1 aliphatic heterocycles. The second-order valence-electron chi connectivity index (χ2n) is 4.04. The summed E-state index contributed by atoms with van der Waals surface area (Å²) in [5, 5.41) is 3.44. The molecule has 78 valence electrons. The van der Waals surface area contributed by atoms with E-state index in [0.29, 0.717) is 12.2 Å². The molecule has 2 fully saturated rings. The van der Waals surface area contributed by atoms with E-state index < -0.39 is 0 Å². The normalized spacial score (nSPS) is 34.8. The lowest BCUT2D eigenvalue weighted by molar-refractivity contribution is -0.0143. The van der Waals surface area contributed by atoms with Gasteiger partial charge in [-0.2, -0.15) is 0 Å². The number of rotatable bonds is 2. The quantitative estimate of drug-likeness (QED) is 0.745. The second-order valence-corrected chi connectivity index (χ2v) is 4.04. The van der Waals surface area contributed by atoms with Crippen LogP contribution in [0.15, 0.2) is 0 Å². The van der Waals surface area contributed by atoms with Crippen LogP contribution in [-0.2, 0) is 4.74 Å². The van der Waals surface area contributed by atoms with Crippen molar-refractivity contribution in [3.63, 3.8) is 0 Å². The predicted molar refractivity (Wildman–Crippen MR) is 56.4 cm³/mol. The van der Waals surface area contributed by atoms with Gasteiger partial charge in [0.05, 0.1) is 12.2 Å². The van der Waals surface area contributed by atoms with Crippen molar-refractivity contribution in [1.29, 1.82) is 0 Å². The van der Waals surface area contributed by atoms with Gasteiger partial charge < -0.3 is 10.1 Å². The Hall–Kier alpha value is 0.210. The highest BCUT2D eigenvalue weighted by Crippen LogP contribution is 2.36. The van der Waals surface area contributed by atoms with Gasteiger partial charge in [-0.05, 0) is 38.1 Å².